The Bertz CT molecular complexity index is 155. The van der Waals surface area contributed by atoms with Crippen molar-refractivity contribution in [2.45, 2.75) is 27.2 Å². The number of rotatable bonds is 0. The zero-order valence-corrected chi connectivity index (χ0v) is 6.83. The Labute approximate surface area is 62.4 Å². The molecule has 0 bridgehead atoms. The van der Waals surface area contributed by atoms with Crippen LogP contribution in [0.5, 0.6) is 0 Å². The Morgan fingerprint density at radius 1 is 1.40 bits per heavy atom. The van der Waals surface area contributed by atoms with Gasteiger partial charge in [-0.15, -0.1) is 0 Å². The molecule has 56 valence electrons. The van der Waals surface area contributed by atoms with Crippen molar-refractivity contribution in [2.24, 2.45) is 9.98 Å². The zero-order valence-electron chi connectivity index (χ0n) is 6.83. The maximum Gasteiger partial charge on any atom is 0.124 e. The first-order valence-corrected chi connectivity index (χ1v) is 3.61. The van der Waals surface area contributed by atoms with Gasteiger partial charge in [0.05, 0.1) is 0 Å². The van der Waals surface area contributed by atoms with Gasteiger partial charge in [-0.1, -0.05) is 19.9 Å². The minimum atomic E-state index is 0.832. The largest absolute Gasteiger partial charge is 0.246 e. The van der Waals surface area contributed by atoms with Gasteiger partial charge in [0.2, 0.25) is 0 Å². The van der Waals surface area contributed by atoms with Crippen LogP contribution in [0.4, 0.5) is 0 Å². The summed E-state index contributed by atoms with van der Waals surface area (Å²) in [4.78, 5) is 7.95. The highest BCUT2D eigenvalue weighted by molar-refractivity contribution is 5.88. The fourth-order valence-corrected chi connectivity index (χ4v) is 0.500. The highest BCUT2D eigenvalue weighted by Crippen LogP contribution is 1.89. The summed E-state index contributed by atoms with van der Waals surface area (Å²) in [7, 11) is 0. The van der Waals surface area contributed by atoms with E-state index >= 15 is 0 Å². The van der Waals surface area contributed by atoms with Crippen molar-refractivity contribution in [3.05, 3.63) is 12.3 Å². The Morgan fingerprint density at radius 3 is 2.80 bits per heavy atom. The molecule has 1 aliphatic heterocycles. The topological polar surface area (TPSA) is 24.7 Å². The van der Waals surface area contributed by atoms with Crippen LogP contribution < -0.4 is 0 Å². The lowest BCUT2D eigenvalue weighted by molar-refractivity contribution is 1.47. The fraction of sp³-hybridized carbons (Fsp3) is 0.500. The minimum Gasteiger partial charge on any atom is -0.246 e. The van der Waals surface area contributed by atoms with Gasteiger partial charge in [-0.3, -0.25) is 0 Å². The van der Waals surface area contributed by atoms with Crippen molar-refractivity contribution in [2.75, 3.05) is 0 Å². The van der Waals surface area contributed by atoms with E-state index in [1.807, 2.05) is 33.1 Å². The molecule has 0 saturated carbocycles. The van der Waals surface area contributed by atoms with E-state index in [0.29, 0.717) is 0 Å². The molecule has 0 unspecified atom stereocenters. The summed E-state index contributed by atoms with van der Waals surface area (Å²) >= 11 is 0. The van der Waals surface area contributed by atoms with Gasteiger partial charge >= 0.3 is 0 Å². The number of aliphatic imine (C=N–C) groups is 2. The summed E-state index contributed by atoms with van der Waals surface area (Å²) in [5.41, 5.74) is 0. The molecular weight excluding hydrogens is 124 g/mol. The van der Waals surface area contributed by atoms with Gasteiger partial charge < -0.3 is 0 Å². The molecule has 0 aromatic heterocycles. The van der Waals surface area contributed by atoms with Crippen LogP contribution in [0.2, 0.25) is 0 Å². The summed E-state index contributed by atoms with van der Waals surface area (Å²) < 4.78 is 0. The molecule has 0 aromatic rings. The van der Waals surface area contributed by atoms with Crippen molar-refractivity contribution in [3.8, 4) is 0 Å². The van der Waals surface area contributed by atoms with Crippen LogP contribution in [0, 0.1) is 0 Å². The number of nitrogens with zero attached hydrogens (tertiary/aromatic N) is 2. The highest BCUT2D eigenvalue weighted by atomic mass is 14.9. The monoisotopic (exact) mass is 138 g/mol. The van der Waals surface area contributed by atoms with Crippen LogP contribution in [0.1, 0.15) is 27.2 Å². The van der Waals surface area contributed by atoms with E-state index in [0.717, 1.165) is 12.3 Å². The SMILES string of the molecule is CC.CC1=NC=CCC=N1. The van der Waals surface area contributed by atoms with Crippen LogP contribution in [0.25, 0.3) is 0 Å². The second kappa shape index (κ2) is 6.20. The third-order valence-corrected chi connectivity index (χ3v) is 0.886. The lowest BCUT2D eigenvalue weighted by atomic mass is 10.4. The average molecular weight is 138 g/mol. The Kier molecular flexibility index (Phi) is 5.63. The van der Waals surface area contributed by atoms with Gasteiger partial charge in [0, 0.05) is 18.8 Å². The quantitative estimate of drug-likeness (QED) is 0.491. The number of hydrogen-bond donors (Lipinski definition) is 0. The molecule has 0 saturated heterocycles. The van der Waals surface area contributed by atoms with E-state index in [9.17, 15) is 0 Å². The Morgan fingerprint density at radius 2 is 2.10 bits per heavy atom. The predicted octanol–water partition coefficient (Wildman–Crippen LogP) is 2.42. The number of allylic oxidation sites excluding steroid dienone is 1. The normalized spacial score (nSPS) is 14.9. The zero-order chi connectivity index (χ0) is 7.82. The summed E-state index contributed by atoms with van der Waals surface area (Å²) in [6, 6.07) is 0. The molecule has 0 fully saturated rings. The lowest BCUT2D eigenvalue weighted by Crippen LogP contribution is -1.80. The standard InChI is InChI=1S/C6H8N2.C2H6/c1-6-7-4-2-3-5-8-6;1-2/h2,4-5H,3H2,1H3;1-2H3. The van der Waals surface area contributed by atoms with Gasteiger partial charge in [-0.05, 0) is 6.92 Å². The van der Waals surface area contributed by atoms with E-state index in [2.05, 4.69) is 9.98 Å². The molecule has 0 amide bonds. The fourth-order valence-electron chi connectivity index (χ4n) is 0.500. The third kappa shape index (κ3) is 4.01. The molecule has 0 aromatic carbocycles. The smallest absolute Gasteiger partial charge is 0.124 e. The molecule has 1 rings (SSSR count). The van der Waals surface area contributed by atoms with Crippen LogP contribution in [0.3, 0.4) is 0 Å². The van der Waals surface area contributed by atoms with Gasteiger partial charge in [0.1, 0.15) is 5.84 Å². The van der Waals surface area contributed by atoms with Crippen LogP contribution in [0.15, 0.2) is 22.3 Å². The van der Waals surface area contributed by atoms with Gasteiger partial charge in [0.15, 0.2) is 0 Å². The van der Waals surface area contributed by atoms with Gasteiger partial charge in [-0.2, -0.15) is 0 Å². The number of hydrogen-bond acceptors (Lipinski definition) is 2. The molecule has 1 heterocycles. The summed E-state index contributed by atoms with van der Waals surface area (Å²) in [6.45, 7) is 5.88. The van der Waals surface area contributed by atoms with E-state index in [4.69, 9.17) is 0 Å². The molecule has 10 heavy (non-hydrogen) atoms. The first-order valence-electron chi connectivity index (χ1n) is 3.61. The summed E-state index contributed by atoms with van der Waals surface area (Å²) in [5, 5.41) is 0. The minimum absolute atomic E-state index is 0.832. The second-order valence-electron chi connectivity index (χ2n) is 1.61. The molecule has 2 heteroatoms. The number of amidine groups is 1. The molecule has 0 radical (unpaired) electrons. The Balaban J connectivity index is 0.000000371. The average Bonchev–Trinajstić information content (AvgIpc) is 2.21. The molecule has 1 aliphatic rings. The molecule has 0 spiro atoms. The van der Waals surface area contributed by atoms with Gasteiger partial charge in [-0.25, -0.2) is 9.98 Å². The predicted molar refractivity (Wildman–Crippen MR) is 46.7 cm³/mol. The molecule has 2 nitrogen and oxygen atoms in total. The van der Waals surface area contributed by atoms with E-state index in [1.54, 1.807) is 6.20 Å². The maximum absolute atomic E-state index is 3.99. The first-order chi connectivity index (χ1) is 4.89. The van der Waals surface area contributed by atoms with Crippen molar-refractivity contribution in [1.82, 2.24) is 0 Å². The molecular formula is C8H14N2. The van der Waals surface area contributed by atoms with Crippen molar-refractivity contribution < 1.29 is 0 Å². The third-order valence-electron chi connectivity index (χ3n) is 0.886. The maximum atomic E-state index is 3.99. The van der Waals surface area contributed by atoms with Crippen LogP contribution in [-0.4, -0.2) is 12.1 Å². The van der Waals surface area contributed by atoms with E-state index in [-0.39, 0.29) is 0 Å². The van der Waals surface area contributed by atoms with E-state index in [1.165, 1.54) is 0 Å². The summed E-state index contributed by atoms with van der Waals surface area (Å²) in [6.07, 6.45) is 6.51. The van der Waals surface area contributed by atoms with Crippen molar-refractivity contribution in [3.63, 3.8) is 0 Å². The Hall–Kier alpha value is -0.920. The van der Waals surface area contributed by atoms with Crippen molar-refractivity contribution >= 4 is 12.1 Å². The molecule has 0 aliphatic carbocycles. The first kappa shape index (κ1) is 9.08. The summed E-state index contributed by atoms with van der Waals surface area (Å²) in [5.74, 6) is 0.832. The van der Waals surface area contributed by atoms with E-state index < -0.39 is 0 Å². The van der Waals surface area contributed by atoms with Crippen LogP contribution >= 0.6 is 0 Å². The second-order valence-corrected chi connectivity index (χ2v) is 1.61. The van der Waals surface area contributed by atoms with Crippen molar-refractivity contribution in [1.29, 1.82) is 0 Å². The highest BCUT2D eigenvalue weighted by Gasteiger charge is 1.82. The molecule has 0 N–H and O–H groups in total. The molecule has 0 atom stereocenters. The van der Waals surface area contributed by atoms with Gasteiger partial charge in [0.25, 0.3) is 0 Å². The van der Waals surface area contributed by atoms with Crippen LogP contribution in [-0.2, 0) is 0 Å². The lowest BCUT2D eigenvalue weighted by Gasteiger charge is -1.80.